The SMILES string of the molecule is COc1cccc(CN(C(=O)c2ccco2)[C@H](C(=O)NC2CCCC2)c2cccnc2)c1. The van der Waals surface area contributed by atoms with Gasteiger partial charge in [0.2, 0.25) is 5.91 Å². The zero-order valence-electron chi connectivity index (χ0n) is 18.1. The number of carbonyl (C=O) groups excluding carboxylic acids is 2. The maximum atomic E-state index is 13.5. The standard InChI is InChI=1S/C25H27N3O4/c1-31-21-11-4-7-18(15-21)17-28(25(30)22-12-6-14-32-22)23(19-8-5-13-26-16-19)24(29)27-20-9-2-3-10-20/h4-8,11-16,20,23H,2-3,9-10,17H2,1H3,(H,27,29)/t23-/m0/s1. The van der Waals surface area contributed by atoms with E-state index in [0.29, 0.717) is 11.3 Å². The Labute approximate surface area is 187 Å². The number of ether oxygens (including phenoxy) is 1. The molecule has 1 aliphatic carbocycles. The highest BCUT2D eigenvalue weighted by Crippen LogP contribution is 2.28. The third kappa shape index (κ3) is 4.99. The topological polar surface area (TPSA) is 84.7 Å². The molecule has 3 aromatic rings. The summed E-state index contributed by atoms with van der Waals surface area (Å²) in [5, 5.41) is 3.15. The van der Waals surface area contributed by atoms with Crippen molar-refractivity contribution in [1.82, 2.24) is 15.2 Å². The molecule has 0 spiro atoms. The summed E-state index contributed by atoms with van der Waals surface area (Å²) in [6.45, 7) is 0.203. The minimum atomic E-state index is -0.854. The maximum Gasteiger partial charge on any atom is 0.290 e. The summed E-state index contributed by atoms with van der Waals surface area (Å²) in [5.74, 6) is 0.276. The smallest absolute Gasteiger partial charge is 0.290 e. The van der Waals surface area contributed by atoms with Crippen molar-refractivity contribution >= 4 is 11.8 Å². The van der Waals surface area contributed by atoms with E-state index in [4.69, 9.17) is 9.15 Å². The Morgan fingerprint density at radius 2 is 2.03 bits per heavy atom. The molecule has 7 nitrogen and oxygen atoms in total. The van der Waals surface area contributed by atoms with E-state index in [1.54, 1.807) is 37.7 Å². The van der Waals surface area contributed by atoms with Gasteiger partial charge in [0.25, 0.3) is 5.91 Å². The molecule has 1 aromatic carbocycles. The summed E-state index contributed by atoms with van der Waals surface area (Å²) in [6.07, 6.45) is 8.83. The minimum absolute atomic E-state index is 0.124. The lowest BCUT2D eigenvalue weighted by Gasteiger charge is -2.31. The van der Waals surface area contributed by atoms with Crippen molar-refractivity contribution in [3.63, 3.8) is 0 Å². The van der Waals surface area contributed by atoms with Gasteiger partial charge < -0.3 is 19.4 Å². The monoisotopic (exact) mass is 433 g/mol. The van der Waals surface area contributed by atoms with Crippen LogP contribution in [-0.4, -0.2) is 34.8 Å². The lowest BCUT2D eigenvalue weighted by molar-refractivity contribution is -0.126. The summed E-state index contributed by atoms with van der Waals surface area (Å²) >= 11 is 0. The number of benzene rings is 1. The fourth-order valence-corrected chi connectivity index (χ4v) is 4.15. The summed E-state index contributed by atoms with van der Waals surface area (Å²) < 4.78 is 10.7. The molecule has 166 valence electrons. The molecule has 32 heavy (non-hydrogen) atoms. The first-order valence-electron chi connectivity index (χ1n) is 10.8. The van der Waals surface area contributed by atoms with Gasteiger partial charge in [-0.05, 0) is 48.7 Å². The van der Waals surface area contributed by atoms with Crippen molar-refractivity contribution in [1.29, 1.82) is 0 Å². The van der Waals surface area contributed by atoms with Crippen LogP contribution in [0.2, 0.25) is 0 Å². The normalized spacial score (nSPS) is 14.7. The number of carbonyl (C=O) groups is 2. The molecule has 0 aliphatic heterocycles. The van der Waals surface area contributed by atoms with E-state index in [9.17, 15) is 9.59 Å². The van der Waals surface area contributed by atoms with Crippen LogP contribution in [-0.2, 0) is 11.3 Å². The average Bonchev–Trinajstić information content (AvgIpc) is 3.54. The highest BCUT2D eigenvalue weighted by atomic mass is 16.5. The first kappa shape index (κ1) is 21.6. The van der Waals surface area contributed by atoms with Crippen LogP contribution >= 0.6 is 0 Å². The van der Waals surface area contributed by atoms with Gasteiger partial charge >= 0.3 is 0 Å². The van der Waals surface area contributed by atoms with Gasteiger partial charge in [-0.3, -0.25) is 14.6 Å². The lowest BCUT2D eigenvalue weighted by atomic mass is 10.0. The maximum absolute atomic E-state index is 13.5. The van der Waals surface area contributed by atoms with Crippen LogP contribution in [0.25, 0.3) is 0 Å². The third-order valence-electron chi connectivity index (χ3n) is 5.74. The molecular formula is C25H27N3O4. The number of pyridine rings is 1. The first-order chi connectivity index (χ1) is 15.7. The van der Waals surface area contributed by atoms with Crippen LogP contribution in [0, 0.1) is 0 Å². The van der Waals surface area contributed by atoms with Crippen molar-refractivity contribution in [2.24, 2.45) is 0 Å². The number of nitrogens with zero attached hydrogens (tertiary/aromatic N) is 2. The molecule has 2 heterocycles. The summed E-state index contributed by atoms with van der Waals surface area (Å²) in [5.41, 5.74) is 1.48. The number of methoxy groups -OCH3 is 1. The molecule has 2 aromatic heterocycles. The van der Waals surface area contributed by atoms with Gasteiger partial charge in [0, 0.05) is 30.5 Å². The number of rotatable bonds is 8. The number of hydrogen-bond acceptors (Lipinski definition) is 5. The number of hydrogen-bond donors (Lipinski definition) is 1. The molecule has 7 heteroatoms. The summed E-state index contributed by atoms with van der Waals surface area (Å²) in [4.78, 5) is 32.8. The third-order valence-corrected chi connectivity index (χ3v) is 5.74. The van der Waals surface area contributed by atoms with Gasteiger partial charge in [-0.2, -0.15) is 0 Å². The molecular weight excluding hydrogens is 406 g/mol. The van der Waals surface area contributed by atoms with E-state index in [-0.39, 0.29) is 30.2 Å². The number of aromatic nitrogens is 1. The molecule has 0 unspecified atom stereocenters. The highest BCUT2D eigenvalue weighted by Gasteiger charge is 2.34. The fraction of sp³-hybridized carbons (Fsp3) is 0.320. The second kappa shape index (κ2) is 10.1. The Bertz CT molecular complexity index is 1030. The van der Waals surface area contributed by atoms with Crippen molar-refractivity contribution in [2.75, 3.05) is 7.11 Å². The molecule has 2 amide bonds. The molecule has 1 fully saturated rings. The minimum Gasteiger partial charge on any atom is -0.497 e. The second-order valence-corrected chi connectivity index (χ2v) is 7.94. The molecule has 1 N–H and O–H groups in total. The molecule has 0 bridgehead atoms. The zero-order chi connectivity index (χ0) is 22.3. The number of amides is 2. The van der Waals surface area contributed by atoms with Crippen LogP contribution in [0.3, 0.4) is 0 Å². The Hall–Kier alpha value is -3.61. The van der Waals surface area contributed by atoms with E-state index in [2.05, 4.69) is 10.3 Å². The second-order valence-electron chi connectivity index (χ2n) is 7.94. The van der Waals surface area contributed by atoms with Gasteiger partial charge in [0.05, 0.1) is 13.4 Å². The van der Waals surface area contributed by atoms with E-state index in [1.165, 1.54) is 11.2 Å². The Morgan fingerprint density at radius 1 is 1.19 bits per heavy atom. The number of furan rings is 1. The summed E-state index contributed by atoms with van der Waals surface area (Å²) in [7, 11) is 1.60. The largest absolute Gasteiger partial charge is 0.497 e. The molecule has 0 radical (unpaired) electrons. The fourth-order valence-electron chi connectivity index (χ4n) is 4.15. The van der Waals surface area contributed by atoms with Crippen LogP contribution < -0.4 is 10.1 Å². The zero-order valence-corrected chi connectivity index (χ0v) is 18.1. The number of nitrogens with one attached hydrogen (secondary N) is 1. The van der Waals surface area contributed by atoms with E-state index >= 15 is 0 Å². The van der Waals surface area contributed by atoms with Gasteiger partial charge in [-0.15, -0.1) is 0 Å². The Kier molecular flexibility index (Phi) is 6.84. The van der Waals surface area contributed by atoms with Crippen LogP contribution in [0.4, 0.5) is 0 Å². The van der Waals surface area contributed by atoms with Crippen molar-refractivity contribution < 1.29 is 18.7 Å². The van der Waals surface area contributed by atoms with Crippen molar-refractivity contribution in [2.45, 2.75) is 44.3 Å². The Balaban J connectivity index is 1.72. The predicted molar refractivity (Wildman–Crippen MR) is 119 cm³/mol. The van der Waals surface area contributed by atoms with Crippen molar-refractivity contribution in [3.8, 4) is 5.75 Å². The molecule has 1 aliphatic rings. The Morgan fingerprint density at radius 3 is 2.72 bits per heavy atom. The molecule has 4 rings (SSSR count). The van der Waals surface area contributed by atoms with Crippen LogP contribution in [0.1, 0.15) is 53.4 Å². The van der Waals surface area contributed by atoms with E-state index in [1.807, 2.05) is 30.3 Å². The van der Waals surface area contributed by atoms with Gasteiger partial charge in [-0.25, -0.2) is 0 Å². The lowest BCUT2D eigenvalue weighted by Crippen LogP contribution is -2.45. The molecule has 0 saturated heterocycles. The average molecular weight is 434 g/mol. The van der Waals surface area contributed by atoms with E-state index in [0.717, 1.165) is 31.2 Å². The molecule has 1 saturated carbocycles. The van der Waals surface area contributed by atoms with Gasteiger partial charge in [-0.1, -0.05) is 31.0 Å². The van der Waals surface area contributed by atoms with Crippen molar-refractivity contribution in [3.05, 3.63) is 84.1 Å². The van der Waals surface area contributed by atoms with Gasteiger partial charge in [0.1, 0.15) is 11.8 Å². The quantitative estimate of drug-likeness (QED) is 0.578. The first-order valence-corrected chi connectivity index (χ1v) is 10.8. The summed E-state index contributed by atoms with van der Waals surface area (Å²) in [6, 6.07) is 13.6. The van der Waals surface area contributed by atoms with Gasteiger partial charge in [0.15, 0.2) is 5.76 Å². The van der Waals surface area contributed by atoms with Crippen LogP contribution in [0.5, 0.6) is 5.75 Å². The van der Waals surface area contributed by atoms with Crippen LogP contribution in [0.15, 0.2) is 71.6 Å². The van der Waals surface area contributed by atoms with E-state index < -0.39 is 6.04 Å². The highest BCUT2D eigenvalue weighted by molar-refractivity contribution is 5.96. The predicted octanol–water partition coefficient (Wildman–Crippen LogP) is 4.13. The molecule has 1 atom stereocenters.